The lowest BCUT2D eigenvalue weighted by Gasteiger charge is -2.25. The zero-order valence-electron chi connectivity index (χ0n) is 34.0. The molecule has 4 amide bonds. The van der Waals surface area contributed by atoms with Crippen molar-refractivity contribution >= 4 is 41.9 Å². The highest BCUT2D eigenvalue weighted by atomic mass is 16.6. The number of alkyl carbamates (subject to hydrolysis) is 2. The third kappa shape index (κ3) is 21.3. The molecule has 3 unspecified atom stereocenters. The highest BCUT2D eigenvalue weighted by Crippen LogP contribution is 2.12. The van der Waals surface area contributed by atoms with Crippen LogP contribution < -0.4 is 21.3 Å². The van der Waals surface area contributed by atoms with Crippen LogP contribution in [-0.4, -0.2) is 84.9 Å². The average Bonchev–Trinajstić information content (AvgIpc) is 3.14. The molecular weight excluding hydrogens is 740 g/mol. The molecule has 0 aliphatic heterocycles. The number of amides is 4. The summed E-state index contributed by atoms with van der Waals surface area (Å²) in [5.74, 6) is -3.20. The number of esters is 3. The normalized spacial score (nSPS) is 12.8. The number of rotatable bonds is 21. The molecule has 16 nitrogen and oxygen atoms in total. The highest BCUT2D eigenvalue weighted by Gasteiger charge is 2.30. The van der Waals surface area contributed by atoms with Gasteiger partial charge in [0.25, 0.3) is 0 Å². The molecule has 16 heteroatoms. The lowest BCUT2D eigenvalue weighted by atomic mass is 10.1. The van der Waals surface area contributed by atoms with Crippen LogP contribution in [0.15, 0.2) is 60.7 Å². The molecule has 2 rings (SSSR count). The van der Waals surface area contributed by atoms with Crippen molar-refractivity contribution in [3.63, 3.8) is 0 Å². The van der Waals surface area contributed by atoms with Crippen LogP contribution in [0.5, 0.6) is 0 Å². The van der Waals surface area contributed by atoms with Gasteiger partial charge in [-0.25, -0.2) is 14.4 Å². The molecular formula is C41H58N4O12. The van der Waals surface area contributed by atoms with E-state index >= 15 is 0 Å². The first-order valence-electron chi connectivity index (χ1n) is 18.9. The van der Waals surface area contributed by atoms with Gasteiger partial charge >= 0.3 is 30.1 Å². The van der Waals surface area contributed by atoms with E-state index in [2.05, 4.69) is 21.3 Å². The van der Waals surface area contributed by atoms with Gasteiger partial charge in [0.05, 0.1) is 7.11 Å². The van der Waals surface area contributed by atoms with Crippen LogP contribution in [0.2, 0.25) is 0 Å². The summed E-state index contributed by atoms with van der Waals surface area (Å²) in [7, 11) is 1.16. The molecule has 0 aliphatic carbocycles. The SMILES string of the molecule is COC(=O)C(CCCCNC(=O)C(CCC(=O)OCc1ccccc1)NC(=O)OC(C)(C)C)NC(=O)C(CCC(=O)OCc1ccccc1)NC(=O)OC(C)(C)C. The van der Waals surface area contributed by atoms with Gasteiger partial charge in [0, 0.05) is 19.4 Å². The summed E-state index contributed by atoms with van der Waals surface area (Å²) in [6.45, 7) is 10.2. The predicted octanol–water partition coefficient (Wildman–Crippen LogP) is 4.76. The molecule has 2 aromatic rings. The van der Waals surface area contributed by atoms with Gasteiger partial charge in [0.1, 0.15) is 42.5 Å². The zero-order chi connectivity index (χ0) is 42.4. The summed E-state index contributed by atoms with van der Waals surface area (Å²) in [6, 6.07) is 14.6. The number of hydrogen-bond donors (Lipinski definition) is 4. The minimum atomic E-state index is -1.26. The van der Waals surface area contributed by atoms with Gasteiger partial charge in [0.2, 0.25) is 11.8 Å². The van der Waals surface area contributed by atoms with Crippen molar-refractivity contribution in [3.05, 3.63) is 71.8 Å². The summed E-state index contributed by atoms with van der Waals surface area (Å²) in [6.07, 6.45) is -1.54. The van der Waals surface area contributed by atoms with Crippen molar-refractivity contribution in [2.75, 3.05) is 13.7 Å². The summed E-state index contributed by atoms with van der Waals surface area (Å²) < 4.78 is 26.1. The van der Waals surface area contributed by atoms with Crippen molar-refractivity contribution in [1.29, 1.82) is 0 Å². The van der Waals surface area contributed by atoms with Crippen LogP contribution in [-0.2, 0) is 60.9 Å². The Bertz CT molecular complexity index is 1610. The number of ether oxygens (including phenoxy) is 5. The standard InChI is InChI=1S/C41H58N4O12/c1-40(2,3)56-38(51)44-30(21-23-33(46)54-26-28-16-10-8-11-17-28)35(48)42-25-15-14-20-32(37(50)53-7)43-36(49)31(45-39(52)57-41(4,5)6)22-24-34(47)55-27-29-18-12-9-13-19-29/h8-13,16-19,30-32H,14-15,20-27H2,1-7H3,(H,42,48)(H,43,49)(H,44,51)(H,45,52). The van der Waals surface area contributed by atoms with Crippen molar-refractivity contribution in [2.24, 2.45) is 0 Å². The Hall–Kier alpha value is -5.67. The molecule has 0 radical (unpaired) electrons. The smallest absolute Gasteiger partial charge is 0.408 e. The van der Waals surface area contributed by atoms with E-state index in [9.17, 15) is 33.6 Å². The van der Waals surface area contributed by atoms with E-state index in [0.717, 1.165) is 18.2 Å². The minimum absolute atomic E-state index is 0.0334. The largest absolute Gasteiger partial charge is 0.467 e. The van der Waals surface area contributed by atoms with E-state index in [-0.39, 0.29) is 51.9 Å². The Morgan fingerprint density at radius 2 is 1.00 bits per heavy atom. The highest BCUT2D eigenvalue weighted by molar-refractivity contribution is 5.90. The van der Waals surface area contributed by atoms with Gasteiger partial charge in [0.15, 0.2) is 0 Å². The minimum Gasteiger partial charge on any atom is -0.467 e. The molecule has 314 valence electrons. The summed E-state index contributed by atoms with van der Waals surface area (Å²) in [5.41, 5.74) is -0.119. The molecule has 2 aromatic carbocycles. The first-order valence-corrected chi connectivity index (χ1v) is 18.9. The van der Waals surface area contributed by atoms with E-state index in [1.807, 2.05) is 36.4 Å². The Labute approximate surface area is 334 Å². The Balaban J connectivity index is 1.98. The molecule has 0 fully saturated rings. The van der Waals surface area contributed by atoms with Crippen LogP contribution in [0.25, 0.3) is 0 Å². The lowest BCUT2D eigenvalue weighted by molar-refractivity contribution is -0.147. The quantitative estimate of drug-likeness (QED) is 0.0765. The monoisotopic (exact) mass is 798 g/mol. The van der Waals surface area contributed by atoms with E-state index in [4.69, 9.17) is 23.7 Å². The van der Waals surface area contributed by atoms with Gasteiger partial charge in [-0.1, -0.05) is 60.7 Å². The molecule has 57 heavy (non-hydrogen) atoms. The maximum Gasteiger partial charge on any atom is 0.408 e. The van der Waals surface area contributed by atoms with E-state index < -0.39 is 71.2 Å². The molecule has 0 heterocycles. The van der Waals surface area contributed by atoms with Gasteiger partial charge in [-0.05, 0) is 84.8 Å². The molecule has 0 spiro atoms. The third-order valence-electron chi connectivity index (χ3n) is 7.80. The molecule has 0 saturated heterocycles. The van der Waals surface area contributed by atoms with Crippen LogP contribution >= 0.6 is 0 Å². The molecule has 3 atom stereocenters. The molecule has 0 saturated carbocycles. The maximum absolute atomic E-state index is 13.4. The lowest BCUT2D eigenvalue weighted by Crippen LogP contribution is -2.52. The first kappa shape index (κ1) is 47.5. The number of carbonyl (C=O) groups is 7. The van der Waals surface area contributed by atoms with Crippen molar-refractivity contribution in [2.45, 2.75) is 129 Å². The van der Waals surface area contributed by atoms with E-state index in [1.54, 1.807) is 65.8 Å². The fourth-order valence-corrected chi connectivity index (χ4v) is 5.05. The van der Waals surface area contributed by atoms with Crippen LogP contribution in [0, 0.1) is 0 Å². The fraction of sp³-hybridized carbons (Fsp3) is 0.537. The number of hydrogen-bond acceptors (Lipinski definition) is 12. The first-order chi connectivity index (χ1) is 26.8. The Kier molecular flexibility index (Phi) is 20.1. The number of unbranched alkanes of at least 4 members (excludes halogenated alkanes) is 1. The van der Waals surface area contributed by atoms with Crippen LogP contribution in [0.4, 0.5) is 9.59 Å². The van der Waals surface area contributed by atoms with Crippen LogP contribution in [0.3, 0.4) is 0 Å². The molecule has 0 bridgehead atoms. The number of nitrogens with one attached hydrogen (secondary N) is 4. The summed E-state index contributed by atoms with van der Waals surface area (Å²) in [4.78, 5) is 89.4. The van der Waals surface area contributed by atoms with Gasteiger partial charge in [-0.3, -0.25) is 19.2 Å². The maximum atomic E-state index is 13.4. The summed E-state index contributed by atoms with van der Waals surface area (Å²) >= 11 is 0. The average molecular weight is 799 g/mol. The third-order valence-corrected chi connectivity index (χ3v) is 7.80. The van der Waals surface area contributed by atoms with Crippen LogP contribution in [0.1, 0.15) is 97.6 Å². The topological polar surface area (TPSA) is 214 Å². The van der Waals surface area contributed by atoms with Gasteiger partial charge < -0.3 is 45.0 Å². The Morgan fingerprint density at radius 3 is 1.42 bits per heavy atom. The zero-order valence-corrected chi connectivity index (χ0v) is 34.0. The summed E-state index contributed by atoms with van der Waals surface area (Å²) in [5, 5.41) is 10.3. The van der Waals surface area contributed by atoms with Gasteiger partial charge in [-0.15, -0.1) is 0 Å². The number of benzene rings is 2. The molecule has 0 aromatic heterocycles. The van der Waals surface area contributed by atoms with Crippen molar-refractivity contribution < 1.29 is 57.2 Å². The van der Waals surface area contributed by atoms with E-state index in [0.29, 0.717) is 12.8 Å². The molecule has 4 N–H and O–H groups in total. The second kappa shape index (κ2) is 24.1. The second-order valence-electron chi connectivity index (χ2n) is 15.1. The predicted molar refractivity (Wildman–Crippen MR) is 208 cm³/mol. The van der Waals surface area contributed by atoms with E-state index in [1.165, 1.54) is 0 Å². The molecule has 0 aliphatic rings. The second-order valence-corrected chi connectivity index (χ2v) is 15.1. The fourth-order valence-electron chi connectivity index (χ4n) is 5.05. The van der Waals surface area contributed by atoms with Gasteiger partial charge in [-0.2, -0.15) is 0 Å². The van der Waals surface area contributed by atoms with Crippen molar-refractivity contribution in [1.82, 2.24) is 21.3 Å². The van der Waals surface area contributed by atoms with Crippen molar-refractivity contribution in [3.8, 4) is 0 Å². The number of carbonyl (C=O) groups excluding carboxylic acids is 7. The number of methoxy groups -OCH3 is 1. The Morgan fingerprint density at radius 1 is 0.561 bits per heavy atom.